The van der Waals surface area contributed by atoms with Gasteiger partial charge in [-0.2, -0.15) is 0 Å². The van der Waals surface area contributed by atoms with Gasteiger partial charge in [-0.25, -0.2) is 9.97 Å². The molecular formula is C20H28N4O4S. The van der Waals surface area contributed by atoms with Crippen LogP contribution in [0.5, 0.6) is 0 Å². The number of carbonyl (C=O) groups is 2. The van der Waals surface area contributed by atoms with E-state index in [1.165, 1.54) is 10.4 Å². The largest absolute Gasteiger partial charge is 0.452 e. The van der Waals surface area contributed by atoms with E-state index >= 15 is 0 Å². The fraction of sp³-hybridized carbons (Fsp3) is 0.600. The molecule has 2 aromatic rings. The molecule has 2 aromatic heterocycles. The first-order chi connectivity index (χ1) is 13.9. The lowest BCUT2D eigenvalue weighted by Gasteiger charge is -2.32. The Hall–Kier alpha value is -2.26. The molecule has 1 N–H and O–H groups in total. The second kappa shape index (κ2) is 9.49. The number of aromatic nitrogens is 2. The van der Waals surface area contributed by atoms with Crippen LogP contribution in [-0.4, -0.2) is 61.3 Å². The zero-order valence-corrected chi connectivity index (χ0v) is 18.2. The number of fused-ring (bicyclic) bond motifs is 1. The minimum absolute atomic E-state index is 0.205. The van der Waals surface area contributed by atoms with Crippen LogP contribution in [0.25, 0.3) is 10.2 Å². The van der Waals surface area contributed by atoms with Crippen LogP contribution in [-0.2, 0) is 19.1 Å². The number of ether oxygens (including phenoxy) is 2. The molecule has 8 nitrogen and oxygen atoms in total. The van der Waals surface area contributed by atoms with Crippen LogP contribution in [0.1, 0.15) is 30.2 Å². The number of piperidine rings is 1. The summed E-state index contributed by atoms with van der Waals surface area (Å²) in [5.41, 5.74) is 1.22. The van der Waals surface area contributed by atoms with E-state index < -0.39 is 6.10 Å². The highest BCUT2D eigenvalue weighted by molar-refractivity contribution is 7.18. The molecule has 1 atom stereocenters. The molecule has 0 saturated carbocycles. The van der Waals surface area contributed by atoms with Crippen LogP contribution in [0.2, 0.25) is 0 Å². The van der Waals surface area contributed by atoms with Gasteiger partial charge in [-0.1, -0.05) is 0 Å². The highest BCUT2D eigenvalue weighted by Crippen LogP contribution is 2.35. The van der Waals surface area contributed by atoms with Crippen LogP contribution in [0.3, 0.4) is 0 Å². The SMILES string of the molecule is COCCNC(=O)[C@H](C)OC(=O)C1CCN(c2ncnc3sc(C)c(C)c23)CC1. The number of nitrogens with one attached hydrogen (secondary N) is 1. The predicted octanol–water partition coefficient (Wildman–Crippen LogP) is 2.22. The number of hydrogen-bond donors (Lipinski definition) is 1. The van der Waals surface area contributed by atoms with Gasteiger partial charge in [-0.15, -0.1) is 11.3 Å². The molecule has 1 aliphatic rings. The summed E-state index contributed by atoms with van der Waals surface area (Å²) in [6.45, 7) is 8.04. The van der Waals surface area contributed by atoms with Gasteiger partial charge < -0.3 is 19.7 Å². The van der Waals surface area contributed by atoms with E-state index in [0.717, 1.165) is 16.0 Å². The van der Waals surface area contributed by atoms with Crippen LogP contribution in [0, 0.1) is 19.8 Å². The molecule has 0 radical (unpaired) electrons. The van der Waals surface area contributed by atoms with Gasteiger partial charge in [-0.3, -0.25) is 9.59 Å². The summed E-state index contributed by atoms with van der Waals surface area (Å²) in [6.07, 6.45) is 2.14. The van der Waals surface area contributed by atoms with Crippen molar-refractivity contribution in [1.82, 2.24) is 15.3 Å². The third-order valence-electron chi connectivity index (χ3n) is 5.34. The van der Waals surface area contributed by atoms with Crippen LogP contribution < -0.4 is 10.2 Å². The van der Waals surface area contributed by atoms with Crippen LogP contribution >= 0.6 is 11.3 Å². The molecular weight excluding hydrogens is 392 g/mol. The Morgan fingerprint density at radius 2 is 2.03 bits per heavy atom. The maximum absolute atomic E-state index is 12.5. The summed E-state index contributed by atoms with van der Waals surface area (Å²) in [5, 5.41) is 3.79. The van der Waals surface area contributed by atoms with E-state index in [9.17, 15) is 9.59 Å². The molecule has 1 saturated heterocycles. The van der Waals surface area contributed by atoms with E-state index in [0.29, 0.717) is 39.1 Å². The number of amides is 1. The fourth-order valence-electron chi connectivity index (χ4n) is 3.47. The number of thiophene rings is 1. The molecule has 9 heteroatoms. The van der Waals surface area contributed by atoms with Crippen LogP contribution in [0.15, 0.2) is 6.33 Å². The average Bonchev–Trinajstić information content (AvgIpc) is 3.02. The Morgan fingerprint density at radius 3 is 2.72 bits per heavy atom. The van der Waals surface area contributed by atoms with Gasteiger partial charge in [0.25, 0.3) is 5.91 Å². The molecule has 158 valence electrons. The van der Waals surface area contributed by atoms with Gasteiger partial charge in [-0.05, 0) is 39.2 Å². The monoisotopic (exact) mass is 420 g/mol. The third kappa shape index (κ3) is 4.84. The van der Waals surface area contributed by atoms with Gasteiger partial charge in [0.05, 0.1) is 17.9 Å². The number of rotatable bonds is 7. The van der Waals surface area contributed by atoms with Crippen molar-refractivity contribution < 1.29 is 19.1 Å². The second-order valence-electron chi connectivity index (χ2n) is 7.28. The van der Waals surface area contributed by atoms with E-state index in [1.807, 2.05) is 0 Å². The van der Waals surface area contributed by atoms with Gasteiger partial charge in [0.15, 0.2) is 6.10 Å². The van der Waals surface area contributed by atoms with E-state index in [2.05, 4.69) is 34.0 Å². The van der Waals surface area contributed by atoms with Crippen molar-refractivity contribution in [3.8, 4) is 0 Å². The smallest absolute Gasteiger partial charge is 0.309 e. The standard InChI is InChI=1S/C20H28N4O4S/c1-12-14(3)29-19-16(12)17(22-11-23-19)24-8-5-15(6-9-24)20(26)28-13(2)18(25)21-7-10-27-4/h11,13,15H,5-10H2,1-4H3,(H,21,25)/t13-/m0/s1. The number of anilines is 1. The maximum atomic E-state index is 12.5. The maximum Gasteiger partial charge on any atom is 0.309 e. The lowest BCUT2D eigenvalue weighted by Crippen LogP contribution is -2.41. The van der Waals surface area contributed by atoms with Crippen molar-refractivity contribution in [3.05, 3.63) is 16.8 Å². The van der Waals surface area contributed by atoms with Gasteiger partial charge >= 0.3 is 5.97 Å². The summed E-state index contributed by atoms with van der Waals surface area (Å²) in [6, 6.07) is 0. The minimum atomic E-state index is -0.810. The molecule has 0 spiro atoms. The average molecular weight is 421 g/mol. The normalized spacial score (nSPS) is 16.1. The number of methoxy groups -OCH3 is 1. The second-order valence-corrected chi connectivity index (χ2v) is 8.49. The van der Waals surface area contributed by atoms with Gasteiger partial charge in [0, 0.05) is 31.6 Å². The first-order valence-corrected chi connectivity index (χ1v) is 10.7. The molecule has 1 amide bonds. The summed E-state index contributed by atoms with van der Waals surface area (Å²) < 4.78 is 10.3. The number of nitrogens with zero attached hydrogens (tertiary/aromatic N) is 3. The molecule has 3 rings (SSSR count). The Labute approximate surface area is 174 Å². The first kappa shape index (κ1) is 21.4. The van der Waals surface area contributed by atoms with Gasteiger partial charge in [0.2, 0.25) is 0 Å². The van der Waals surface area contributed by atoms with Crippen molar-refractivity contribution in [1.29, 1.82) is 0 Å². The molecule has 0 aliphatic carbocycles. The molecule has 29 heavy (non-hydrogen) atoms. The van der Waals surface area contributed by atoms with E-state index in [1.54, 1.807) is 31.7 Å². The van der Waals surface area contributed by atoms with Crippen molar-refractivity contribution >= 4 is 39.2 Å². The summed E-state index contributed by atoms with van der Waals surface area (Å²) in [4.78, 5) is 37.8. The highest BCUT2D eigenvalue weighted by Gasteiger charge is 2.30. The van der Waals surface area contributed by atoms with E-state index in [4.69, 9.17) is 9.47 Å². The van der Waals surface area contributed by atoms with Gasteiger partial charge in [0.1, 0.15) is 17.0 Å². The number of carbonyl (C=O) groups excluding carboxylic acids is 2. The first-order valence-electron chi connectivity index (χ1n) is 9.85. The summed E-state index contributed by atoms with van der Waals surface area (Å²) >= 11 is 1.68. The van der Waals surface area contributed by atoms with Crippen molar-refractivity contribution in [2.45, 2.75) is 39.7 Å². The Morgan fingerprint density at radius 1 is 1.31 bits per heavy atom. The summed E-state index contributed by atoms with van der Waals surface area (Å²) in [7, 11) is 1.56. The number of aryl methyl sites for hydroxylation is 2. The molecule has 1 fully saturated rings. The van der Waals surface area contributed by atoms with Crippen LogP contribution in [0.4, 0.5) is 5.82 Å². The molecule has 0 aromatic carbocycles. The Balaban J connectivity index is 1.57. The molecule has 0 bridgehead atoms. The minimum Gasteiger partial charge on any atom is -0.452 e. The lowest BCUT2D eigenvalue weighted by molar-refractivity contribution is -0.159. The van der Waals surface area contributed by atoms with Crippen molar-refractivity contribution in [2.24, 2.45) is 5.92 Å². The van der Waals surface area contributed by atoms with E-state index in [-0.39, 0.29) is 17.8 Å². The van der Waals surface area contributed by atoms with Crippen molar-refractivity contribution in [3.63, 3.8) is 0 Å². The Bertz CT molecular complexity index is 877. The fourth-order valence-corrected chi connectivity index (χ4v) is 4.47. The summed E-state index contributed by atoms with van der Waals surface area (Å²) in [5.74, 6) is 0.117. The predicted molar refractivity (Wildman–Crippen MR) is 112 cm³/mol. The number of esters is 1. The zero-order chi connectivity index (χ0) is 21.0. The quantitative estimate of drug-likeness (QED) is 0.542. The Kier molecular flexibility index (Phi) is 7.02. The number of hydrogen-bond acceptors (Lipinski definition) is 8. The zero-order valence-electron chi connectivity index (χ0n) is 17.4. The molecule has 0 unspecified atom stereocenters. The molecule has 3 heterocycles. The third-order valence-corrected chi connectivity index (χ3v) is 6.46. The highest BCUT2D eigenvalue weighted by atomic mass is 32.1. The molecule has 1 aliphatic heterocycles. The topological polar surface area (TPSA) is 93.6 Å². The van der Waals surface area contributed by atoms with Crippen molar-refractivity contribution in [2.75, 3.05) is 38.3 Å². The lowest BCUT2D eigenvalue weighted by atomic mass is 9.96.